The van der Waals surface area contributed by atoms with E-state index in [1.807, 2.05) is 42.5 Å². The predicted molar refractivity (Wildman–Crippen MR) is 82.6 cm³/mol. The molecular formula is C17H16N2O3. The zero-order chi connectivity index (χ0) is 15.4. The average Bonchev–Trinajstić information content (AvgIpc) is 2.54. The third-order valence-electron chi connectivity index (χ3n) is 3.42. The van der Waals surface area contributed by atoms with E-state index in [1.165, 1.54) is 0 Å². The van der Waals surface area contributed by atoms with Crippen molar-refractivity contribution in [3.05, 3.63) is 60.2 Å². The number of anilines is 1. The maximum atomic E-state index is 12.1. The van der Waals surface area contributed by atoms with Gasteiger partial charge in [-0.3, -0.25) is 4.79 Å². The highest BCUT2D eigenvalue weighted by atomic mass is 16.5. The number of amides is 1. The van der Waals surface area contributed by atoms with Gasteiger partial charge in [0.05, 0.1) is 12.2 Å². The number of esters is 1. The molecule has 22 heavy (non-hydrogen) atoms. The Morgan fingerprint density at radius 2 is 1.82 bits per heavy atom. The van der Waals surface area contributed by atoms with E-state index in [0.717, 1.165) is 11.3 Å². The lowest BCUT2D eigenvalue weighted by molar-refractivity contribution is -0.133. The van der Waals surface area contributed by atoms with Gasteiger partial charge in [0, 0.05) is 6.54 Å². The van der Waals surface area contributed by atoms with Crippen LogP contribution in [-0.4, -0.2) is 25.0 Å². The molecule has 3 rings (SSSR count). The van der Waals surface area contributed by atoms with Crippen molar-refractivity contribution in [3.63, 3.8) is 0 Å². The maximum absolute atomic E-state index is 12.1. The van der Waals surface area contributed by atoms with Crippen molar-refractivity contribution in [2.24, 2.45) is 0 Å². The summed E-state index contributed by atoms with van der Waals surface area (Å²) in [4.78, 5) is 25.4. The molecule has 0 bridgehead atoms. The Bertz CT molecular complexity index is 685. The number of fused-ring (bicyclic) bond motifs is 1. The van der Waals surface area contributed by atoms with Gasteiger partial charge in [-0.25, -0.2) is 4.79 Å². The molecule has 0 aliphatic carbocycles. The van der Waals surface area contributed by atoms with Crippen LogP contribution in [0, 0.1) is 0 Å². The number of benzene rings is 2. The van der Waals surface area contributed by atoms with Gasteiger partial charge in [0.2, 0.25) is 5.91 Å². The summed E-state index contributed by atoms with van der Waals surface area (Å²) in [5, 5.41) is 2.86. The Morgan fingerprint density at radius 1 is 1.09 bits per heavy atom. The van der Waals surface area contributed by atoms with Gasteiger partial charge in [0.25, 0.3) is 0 Å². The quantitative estimate of drug-likeness (QED) is 0.689. The number of nitrogens with zero attached hydrogens (tertiary/aromatic N) is 1. The molecule has 0 aromatic heterocycles. The van der Waals surface area contributed by atoms with Crippen LogP contribution in [0.1, 0.15) is 5.56 Å². The standard InChI is InChI=1S/C17H16N2O3/c20-16(18-10-13-6-2-1-3-7-13)11-19-12-17(21)22-15-9-5-4-8-14(15)19/h1-9H,10-12H2,(H,18,20). The van der Waals surface area contributed by atoms with Gasteiger partial charge in [-0.1, -0.05) is 42.5 Å². The number of para-hydroxylation sites is 2. The number of rotatable bonds is 4. The van der Waals surface area contributed by atoms with Crippen LogP contribution >= 0.6 is 0 Å². The largest absolute Gasteiger partial charge is 0.423 e. The van der Waals surface area contributed by atoms with Crippen molar-refractivity contribution < 1.29 is 14.3 Å². The Morgan fingerprint density at radius 3 is 2.64 bits per heavy atom. The molecule has 2 aromatic rings. The summed E-state index contributed by atoms with van der Waals surface area (Å²) in [6.45, 7) is 0.675. The number of carbonyl (C=O) groups is 2. The van der Waals surface area contributed by atoms with Crippen molar-refractivity contribution in [1.29, 1.82) is 0 Å². The fourth-order valence-corrected chi connectivity index (χ4v) is 2.37. The molecule has 1 amide bonds. The zero-order valence-corrected chi connectivity index (χ0v) is 12.0. The predicted octanol–water partition coefficient (Wildman–Crippen LogP) is 1.73. The van der Waals surface area contributed by atoms with Crippen molar-refractivity contribution >= 4 is 17.6 Å². The van der Waals surface area contributed by atoms with E-state index in [2.05, 4.69) is 5.32 Å². The van der Waals surface area contributed by atoms with Gasteiger partial charge < -0.3 is 15.0 Å². The summed E-state index contributed by atoms with van der Waals surface area (Å²) in [6, 6.07) is 16.9. The first-order chi connectivity index (χ1) is 10.7. The van der Waals surface area contributed by atoms with E-state index >= 15 is 0 Å². The average molecular weight is 296 g/mol. The highest BCUT2D eigenvalue weighted by Crippen LogP contribution is 2.30. The van der Waals surface area contributed by atoms with E-state index in [0.29, 0.717) is 12.3 Å². The molecule has 0 fully saturated rings. The lowest BCUT2D eigenvalue weighted by atomic mass is 10.2. The summed E-state index contributed by atoms with van der Waals surface area (Å²) in [5.41, 5.74) is 1.80. The SMILES string of the molecule is O=C(CN1CC(=O)Oc2ccccc21)NCc1ccccc1. The normalized spacial score (nSPS) is 13.3. The van der Waals surface area contributed by atoms with E-state index in [1.54, 1.807) is 17.0 Å². The fourth-order valence-electron chi connectivity index (χ4n) is 2.37. The van der Waals surface area contributed by atoms with Crippen molar-refractivity contribution in [2.75, 3.05) is 18.0 Å². The molecule has 0 radical (unpaired) electrons. The molecule has 1 aliphatic heterocycles. The van der Waals surface area contributed by atoms with Crippen LogP contribution in [0.4, 0.5) is 5.69 Å². The number of ether oxygens (including phenoxy) is 1. The molecule has 5 heteroatoms. The Labute approximate surface area is 128 Å². The summed E-state index contributed by atoms with van der Waals surface area (Å²) < 4.78 is 5.16. The van der Waals surface area contributed by atoms with Gasteiger partial charge in [-0.05, 0) is 17.7 Å². The van der Waals surface area contributed by atoms with Gasteiger partial charge >= 0.3 is 5.97 Å². The number of carbonyl (C=O) groups excluding carboxylic acids is 2. The van der Waals surface area contributed by atoms with Crippen LogP contribution in [0.5, 0.6) is 5.75 Å². The minimum atomic E-state index is -0.352. The second-order valence-electron chi connectivity index (χ2n) is 5.06. The summed E-state index contributed by atoms with van der Waals surface area (Å²) in [6.07, 6.45) is 0. The monoisotopic (exact) mass is 296 g/mol. The van der Waals surface area contributed by atoms with Crippen LogP contribution in [-0.2, 0) is 16.1 Å². The summed E-state index contributed by atoms with van der Waals surface area (Å²) >= 11 is 0. The molecule has 0 saturated carbocycles. The van der Waals surface area contributed by atoms with E-state index in [9.17, 15) is 9.59 Å². The Hall–Kier alpha value is -2.82. The maximum Gasteiger partial charge on any atom is 0.331 e. The van der Waals surface area contributed by atoms with Crippen molar-refractivity contribution in [2.45, 2.75) is 6.54 Å². The smallest absolute Gasteiger partial charge is 0.331 e. The van der Waals surface area contributed by atoms with E-state index < -0.39 is 0 Å². The molecular weight excluding hydrogens is 280 g/mol. The molecule has 0 unspecified atom stereocenters. The second-order valence-corrected chi connectivity index (χ2v) is 5.06. The lowest BCUT2D eigenvalue weighted by Crippen LogP contribution is -2.43. The van der Waals surface area contributed by atoms with Crippen LogP contribution in [0.25, 0.3) is 0 Å². The zero-order valence-electron chi connectivity index (χ0n) is 12.0. The third kappa shape index (κ3) is 3.25. The molecule has 0 spiro atoms. The van der Waals surface area contributed by atoms with Crippen LogP contribution in [0.2, 0.25) is 0 Å². The molecule has 0 atom stereocenters. The molecule has 0 saturated heterocycles. The van der Waals surface area contributed by atoms with Gasteiger partial charge in [-0.15, -0.1) is 0 Å². The summed E-state index contributed by atoms with van der Waals surface area (Å²) in [7, 11) is 0. The third-order valence-corrected chi connectivity index (χ3v) is 3.42. The lowest BCUT2D eigenvalue weighted by Gasteiger charge is -2.29. The van der Waals surface area contributed by atoms with Crippen molar-refractivity contribution in [1.82, 2.24) is 5.32 Å². The highest BCUT2D eigenvalue weighted by Gasteiger charge is 2.25. The molecule has 1 heterocycles. The van der Waals surface area contributed by atoms with Gasteiger partial charge in [0.15, 0.2) is 5.75 Å². The minimum Gasteiger partial charge on any atom is -0.423 e. The van der Waals surface area contributed by atoms with Crippen LogP contribution in [0.15, 0.2) is 54.6 Å². The van der Waals surface area contributed by atoms with E-state index in [4.69, 9.17) is 4.74 Å². The Kier molecular flexibility index (Phi) is 4.05. The number of nitrogens with one attached hydrogen (secondary N) is 1. The molecule has 5 nitrogen and oxygen atoms in total. The molecule has 112 valence electrons. The van der Waals surface area contributed by atoms with Gasteiger partial charge in [-0.2, -0.15) is 0 Å². The first kappa shape index (κ1) is 14.1. The number of hydrogen-bond acceptors (Lipinski definition) is 4. The topological polar surface area (TPSA) is 58.6 Å². The Balaban J connectivity index is 1.63. The highest BCUT2D eigenvalue weighted by molar-refractivity contribution is 5.89. The van der Waals surface area contributed by atoms with Crippen LogP contribution in [0.3, 0.4) is 0 Å². The van der Waals surface area contributed by atoms with Crippen LogP contribution < -0.4 is 15.0 Å². The second kappa shape index (κ2) is 6.30. The molecule has 2 aromatic carbocycles. The molecule has 1 N–H and O–H groups in total. The van der Waals surface area contributed by atoms with Gasteiger partial charge in [0.1, 0.15) is 6.54 Å². The minimum absolute atomic E-state index is 0.0791. The first-order valence-corrected chi connectivity index (χ1v) is 7.07. The van der Waals surface area contributed by atoms with Crippen molar-refractivity contribution in [3.8, 4) is 5.75 Å². The van der Waals surface area contributed by atoms with E-state index in [-0.39, 0.29) is 25.0 Å². The summed E-state index contributed by atoms with van der Waals surface area (Å²) in [5.74, 6) is 0.0116. The number of hydrogen-bond donors (Lipinski definition) is 1. The fraction of sp³-hybridized carbons (Fsp3) is 0.176. The first-order valence-electron chi connectivity index (χ1n) is 7.07. The molecule has 1 aliphatic rings.